The number of rotatable bonds is 5. The van der Waals surface area contributed by atoms with Crippen LogP contribution in [0.4, 0.5) is 5.00 Å². The van der Waals surface area contributed by atoms with Crippen molar-refractivity contribution in [3.05, 3.63) is 45.8 Å². The Morgan fingerprint density at radius 1 is 1.15 bits per heavy atom. The fraction of sp³-hybridized carbons (Fsp3) is 0.316. The number of hydrogen-bond donors (Lipinski definition) is 2. The van der Waals surface area contributed by atoms with Gasteiger partial charge in [0.2, 0.25) is 0 Å². The van der Waals surface area contributed by atoms with E-state index >= 15 is 0 Å². The van der Waals surface area contributed by atoms with Crippen LogP contribution in [-0.2, 0) is 27.1 Å². The molecule has 1 amide bonds. The summed E-state index contributed by atoms with van der Waals surface area (Å²) < 4.78 is 9.80. The standard InChI is InChI=1S/C19H19NO6S/c1-25-19(24)16-12-7-3-5-9-14(12)27-17(16)20-15(22)10-26-18(23)11-6-2-4-8-13(11)21/h2,4,6,8,21H,3,5,7,9-10H2,1H3,(H,20,22). The molecule has 1 aliphatic carbocycles. The summed E-state index contributed by atoms with van der Waals surface area (Å²) in [6, 6.07) is 5.91. The second-order valence-electron chi connectivity index (χ2n) is 6.05. The lowest BCUT2D eigenvalue weighted by Crippen LogP contribution is -2.21. The predicted molar refractivity (Wildman–Crippen MR) is 99.3 cm³/mol. The van der Waals surface area contributed by atoms with E-state index in [1.807, 2.05) is 0 Å². The quantitative estimate of drug-likeness (QED) is 0.763. The van der Waals surface area contributed by atoms with Crippen LogP contribution in [0.15, 0.2) is 24.3 Å². The smallest absolute Gasteiger partial charge is 0.342 e. The number of amides is 1. The van der Waals surface area contributed by atoms with Crippen molar-refractivity contribution in [3.8, 4) is 5.75 Å². The first-order chi connectivity index (χ1) is 13.0. The molecule has 0 atom stereocenters. The zero-order chi connectivity index (χ0) is 19.4. The van der Waals surface area contributed by atoms with E-state index in [0.717, 1.165) is 36.1 Å². The number of phenolic OH excluding ortho intramolecular Hbond substituents is 1. The molecule has 8 heteroatoms. The lowest BCUT2D eigenvalue weighted by atomic mass is 9.95. The lowest BCUT2D eigenvalue weighted by molar-refractivity contribution is -0.119. The minimum atomic E-state index is -0.804. The summed E-state index contributed by atoms with van der Waals surface area (Å²) in [5, 5.41) is 12.7. The highest BCUT2D eigenvalue weighted by atomic mass is 32.1. The van der Waals surface area contributed by atoms with Crippen LogP contribution in [0.25, 0.3) is 0 Å². The number of fused-ring (bicyclic) bond motifs is 1. The SMILES string of the molecule is COC(=O)c1c(NC(=O)COC(=O)c2ccccc2O)sc2c1CCCC2. The van der Waals surface area contributed by atoms with Gasteiger partial charge in [-0.2, -0.15) is 0 Å². The van der Waals surface area contributed by atoms with Crippen LogP contribution >= 0.6 is 11.3 Å². The third kappa shape index (κ3) is 4.11. The Labute approximate surface area is 159 Å². The van der Waals surface area contributed by atoms with Gasteiger partial charge in [0, 0.05) is 4.88 Å². The van der Waals surface area contributed by atoms with Crippen molar-refractivity contribution in [2.45, 2.75) is 25.7 Å². The van der Waals surface area contributed by atoms with Crippen molar-refractivity contribution >= 4 is 34.2 Å². The maximum Gasteiger partial charge on any atom is 0.342 e. The Morgan fingerprint density at radius 3 is 2.63 bits per heavy atom. The third-order valence-corrected chi connectivity index (χ3v) is 5.48. The molecule has 2 aromatic rings. The number of nitrogens with one attached hydrogen (secondary N) is 1. The first-order valence-corrected chi connectivity index (χ1v) is 9.30. The van der Waals surface area contributed by atoms with E-state index in [1.54, 1.807) is 12.1 Å². The summed E-state index contributed by atoms with van der Waals surface area (Å²) in [5.74, 6) is -2.08. The van der Waals surface area contributed by atoms with E-state index in [0.29, 0.717) is 10.6 Å². The first-order valence-electron chi connectivity index (χ1n) is 8.49. The maximum absolute atomic E-state index is 12.2. The number of carbonyl (C=O) groups is 3. The summed E-state index contributed by atoms with van der Waals surface area (Å²) in [6.45, 7) is -0.531. The molecule has 1 aliphatic rings. The number of methoxy groups -OCH3 is 1. The van der Waals surface area contributed by atoms with Gasteiger partial charge in [-0.1, -0.05) is 12.1 Å². The van der Waals surface area contributed by atoms with Crippen LogP contribution in [0.5, 0.6) is 5.75 Å². The summed E-state index contributed by atoms with van der Waals surface area (Å²) in [6.07, 6.45) is 3.66. The predicted octanol–water partition coefficient (Wildman–Crippen LogP) is 2.91. The second kappa shape index (κ2) is 8.22. The van der Waals surface area contributed by atoms with Crippen LogP contribution in [0.3, 0.4) is 0 Å². The third-order valence-electron chi connectivity index (χ3n) is 4.27. The molecule has 142 valence electrons. The summed E-state index contributed by atoms with van der Waals surface area (Å²) in [7, 11) is 1.30. The first kappa shape index (κ1) is 18.9. The fourth-order valence-corrected chi connectivity index (χ4v) is 4.28. The van der Waals surface area contributed by atoms with Crippen molar-refractivity contribution in [2.24, 2.45) is 0 Å². The van der Waals surface area contributed by atoms with E-state index in [4.69, 9.17) is 9.47 Å². The minimum Gasteiger partial charge on any atom is -0.507 e. The van der Waals surface area contributed by atoms with Gasteiger partial charge in [0.1, 0.15) is 16.3 Å². The van der Waals surface area contributed by atoms with Crippen molar-refractivity contribution in [1.29, 1.82) is 0 Å². The Morgan fingerprint density at radius 2 is 1.89 bits per heavy atom. The summed E-state index contributed by atoms with van der Waals surface area (Å²) in [4.78, 5) is 37.4. The summed E-state index contributed by atoms with van der Waals surface area (Å²) >= 11 is 1.35. The molecular formula is C19H19NO6S. The second-order valence-corrected chi connectivity index (χ2v) is 7.15. The van der Waals surface area contributed by atoms with Crippen LogP contribution in [-0.4, -0.2) is 36.7 Å². The van der Waals surface area contributed by atoms with Gasteiger partial charge >= 0.3 is 11.9 Å². The van der Waals surface area contributed by atoms with E-state index in [2.05, 4.69) is 5.32 Å². The lowest BCUT2D eigenvalue weighted by Gasteiger charge is -2.11. The normalized spacial score (nSPS) is 12.8. The number of para-hydroxylation sites is 1. The zero-order valence-corrected chi connectivity index (χ0v) is 15.6. The van der Waals surface area contributed by atoms with Gasteiger partial charge in [0.15, 0.2) is 6.61 Å². The number of carbonyl (C=O) groups excluding carboxylic acids is 3. The molecule has 0 spiro atoms. The van der Waals surface area contributed by atoms with Gasteiger partial charge in [0.25, 0.3) is 5.91 Å². The molecule has 0 radical (unpaired) electrons. The molecule has 0 saturated heterocycles. The van der Waals surface area contributed by atoms with Gasteiger partial charge < -0.3 is 19.9 Å². The zero-order valence-electron chi connectivity index (χ0n) is 14.7. The van der Waals surface area contributed by atoms with Crippen LogP contribution in [0.2, 0.25) is 0 Å². The molecule has 1 heterocycles. The number of thiophene rings is 1. The molecule has 1 aromatic carbocycles. The topological polar surface area (TPSA) is 102 Å². The van der Waals surface area contributed by atoms with Gasteiger partial charge in [-0.3, -0.25) is 4.79 Å². The molecule has 0 aliphatic heterocycles. The highest BCUT2D eigenvalue weighted by Gasteiger charge is 2.27. The Hall–Kier alpha value is -2.87. The number of hydrogen-bond acceptors (Lipinski definition) is 7. The number of anilines is 1. The summed E-state index contributed by atoms with van der Waals surface area (Å²) in [5.41, 5.74) is 1.30. The number of ether oxygens (including phenoxy) is 2. The van der Waals surface area contributed by atoms with Crippen LogP contribution in [0.1, 0.15) is 44.0 Å². The largest absolute Gasteiger partial charge is 0.507 e. The average molecular weight is 389 g/mol. The molecule has 3 rings (SSSR count). The van der Waals surface area contributed by atoms with E-state index < -0.39 is 24.5 Å². The minimum absolute atomic E-state index is 0.0212. The molecule has 0 bridgehead atoms. The van der Waals surface area contributed by atoms with Gasteiger partial charge in [-0.05, 0) is 43.4 Å². The van der Waals surface area contributed by atoms with Gasteiger partial charge in [-0.15, -0.1) is 11.3 Å². The van der Waals surface area contributed by atoms with Crippen LogP contribution < -0.4 is 5.32 Å². The fourth-order valence-electron chi connectivity index (χ4n) is 2.99. The van der Waals surface area contributed by atoms with Crippen molar-refractivity contribution in [1.82, 2.24) is 0 Å². The number of aryl methyl sites for hydroxylation is 1. The number of esters is 2. The van der Waals surface area contributed by atoms with E-state index in [-0.39, 0.29) is 11.3 Å². The van der Waals surface area contributed by atoms with E-state index in [1.165, 1.54) is 30.6 Å². The van der Waals surface area contributed by atoms with Gasteiger partial charge in [-0.25, -0.2) is 9.59 Å². The Bertz CT molecular complexity index is 888. The molecule has 27 heavy (non-hydrogen) atoms. The number of benzene rings is 1. The number of aromatic hydroxyl groups is 1. The Balaban J connectivity index is 1.69. The Kier molecular flexibility index (Phi) is 5.75. The monoisotopic (exact) mass is 389 g/mol. The van der Waals surface area contributed by atoms with E-state index in [9.17, 15) is 19.5 Å². The highest BCUT2D eigenvalue weighted by Crippen LogP contribution is 2.38. The maximum atomic E-state index is 12.2. The van der Waals surface area contributed by atoms with Crippen molar-refractivity contribution < 1.29 is 29.0 Å². The van der Waals surface area contributed by atoms with Crippen LogP contribution in [0, 0.1) is 0 Å². The average Bonchev–Trinajstić information content (AvgIpc) is 3.03. The van der Waals surface area contributed by atoms with Gasteiger partial charge in [0.05, 0.1) is 12.7 Å². The molecule has 0 saturated carbocycles. The molecule has 0 fully saturated rings. The van der Waals surface area contributed by atoms with Crippen molar-refractivity contribution in [3.63, 3.8) is 0 Å². The number of phenols is 1. The molecule has 7 nitrogen and oxygen atoms in total. The molecule has 1 aromatic heterocycles. The van der Waals surface area contributed by atoms with Crippen molar-refractivity contribution in [2.75, 3.05) is 19.0 Å². The molecule has 0 unspecified atom stereocenters. The molecular weight excluding hydrogens is 370 g/mol. The highest BCUT2D eigenvalue weighted by molar-refractivity contribution is 7.17. The molecule has 2 N–H and O–H groups in total.